The molecule has 1 N–H and O–H groups in total. The zero-order chi connectivity index (χ0) is 9.35. The normalized spacial score (nSPS) is 24.8. The highest BCUT2D eigenvalue weighted by atomic mass is 35.5. The number of hydrogen-bond donors (Lipinski definition) is 1. The van der Waals surface area contributed by atoms with E-state index in [-0.39, 0.29) is 11.9 Å². The Bertz CT molecular complexity index is 194. The number of hydrogen-bond acceptors (Lipinski definition) is 1. The van der Waals surface area contributed by atoms with Crippen LogP contribution in [0.1, 0.15) is 6.42 Å². The van der Waals surface area contributed by atoms with Crippen LogP contribution in [0.2, 0.25) is 0 Å². The van der Waals surface area contributed by atoms with Crippen LogP contribution < -0.4 is 5.32 Å². The summed E-state index contributed by atoms with van der Waals surface area (Å²) in [5.74, 6) is 0.213. The van der Waals surface area contributed by atoms with Gasteiger partial charge in [-0.25, -0.2) is 4.79 Å². The van der Waals surface area contributed by atoms with Crippen LogP contribution in [0.5, 0.6) is 0 Å². The van der Waals surface area contributed by atoms with Crippen molar-refractivity contribution in [1.29, 1.82) is 0 Å². The van der Waals surface area contributed by atoms with Crippen molar-refractivity contribution >= 4 is 29.2 Å². The molecule has 12 heavy (non-hydrogen) atoms. The summed E-state index contributed by atoms with van der Waals surface area (Å²) in [6.45, 7) is 0.560. The molecule has 0 aromatic heterocycles. The zero-order valence-electron chi connectivity index (χ0n) is 7.10. The van der Waals surface area contributed by atoms with Crippen molar-refractivity contribution in [2.24, 2.45) is 5.92 Å². The summed E-state index contributed by atoms with van der Waals surface area (Å²) in [6.07, 6.45) is 0.768. The van der Waals surface area contributed by atoms with Gasteiger partial charge in [-0.05, 0) is 6.42 Å². The molecule has 0 heterocycles. The third kappa shape index (κ3) is 2.42. The van der Waals surface area contributed by atoms with Crippen LogP contribution in [0.3, 0.4) is 0 Å². The standard InChI is InChI=1S/C7H12Cl2N2O/c1-11(2)6(12)10-4-5-3-7(5,8)9/h5H,3-4H2,1-2H3,(H,10,12). The summed E-state index contributed by atoms with van der Waals surface area (Å²) >= 11 is 11.5. The van der Waals surface area contributed by atoms with E-state index in [1.165, 1.54) is 4.90 Å². The highest BCUT2D eigenvalue weighted by Gasteiger charge is 2.51. The second kappa shape index (κ2) is 3.30. The number of urea groups is 1. The molecular formula is C7H12Cl2N2O. The van der Waals surface area contributed by atoms with Gasteiger partial charge in [-0.2, -0.15) is 0 Å². The maximum Gasteiger partial charge on any atom is 0.316 e. The Morgan fingerprint density at radius 2 is 2.17 bits per heavy atom. The molecule has 0 bridgehead atoms. The lowest BCUT2D eigenvalue weighted by atomic mass is 10.4. The van der Waals surface area contributed by atoms with Crippen molar-refractivity contribution in [2.45, 2.75) is 10.8 Å². The maximum atomic E-state index is 11.0. The molecule has 1 fully saturated rings. The molecule has 0 aromatic carbocycles. The molecular weight excluding hydrogens is 199 g/mol. The third-order valence-corrected chi connectivity index (χ3v) is 2.79. The Morgan fingerprint density at radius 3 is 2.50 bits per heavy atom. The summed E-state index contributed by atoms with van der Waals surface area (Å²) in [5.41, 5.74) is 0. The zero-order valence-corrected chi connectivity index (χ0v) is 8.61. The Labute approximate surface area is 82.0 Å². The van der Waals surface area contributed by atoms with Gasteiger partial charge >= 0.3 is 6.03 Å². The molecule has 1 saturated carbocycles. The first-order valence-corrected chi connectivity index (χ1v) is 4.52. The lowest BCUT2D eigenvalue weighted by Gasteiger charge is -2.11. The Morgan fingerprint density at radius 1 is 1.67 bits per heavy atom. The van der Waals surface area contributed by atoms with E-state index >= 15 is 0 Å². The Hall–Kier alpha value is -0.150. The first kappa shape index (κ1) is 9.93. The fourth-order valence-electron chi connectivity index (χ4n) is 0.860. The van der Waals surface area contributed by atoms with Gasteiger partial charge in [0.15, 0.2) is 0 Å². The number of halogens is 2. The van der Waals surface area contributed by atoms with E-state index in [0.29, 0.717) is 6.54 Å². The molecule has 0 aromatic rings. The minimum absolute atomic E-state index is 0.106. The number of nitrogens with zero attached hydrogens (tertiary/aromatic N) is 1. The van der Waals surface area contributed by atoms with Gasteiger partial charge in [-0.1, -0.05) is 0 Å². The van der Waals surface area contributed by atoms with Crippen molar-refractivity contribution < 1.29 is 4.79 Å². The largest absolute Gasteiger partial charge is 0.338 e. The first-order chi connectivity index (χ1) is 5.43. The van der Waals surface area contributed by atoms with Gasteiger partial charge in [0.1, 0.15) is 4.33 Å². The summed E-state index contributed by atoms with van der Waals surface area (Å²) in [4.78, 5) is 12.5. The number of carbonyl (C=O) groups is 1. The van der Waals surface area contributed by atoms with Crippen LogP contribution in [-0.4, -0.2) is 35.9 Å². The molecule has 1 aliphatic rings. The molecule has 70 valence electrons. The van der Waals surface area contributed by atoms with Crippen LogP contribution in [0.4, 0.5) is 4.79 Å². The smallest absolute Gasteiger partial charge is 0.316 e. The molecule has 3 nitrogen and oxygen atoms in total. The third-order valence-electron chi connectivity index (χ3n) is 1.86. The van der Waals surface area contributed by atoms with E-state index in [4.69, 9.17) is 23.2 Å². The van der Waals surface area contributed by atoms with Gasteiger partial charge in [0.2, 0.25) is 0 Å². The Kier molecular flexibility index (Phi) is 2.74. The number of alkyl halides is 2. The monoisotopic (exact) mass is 210 g/mol. The summed E-state index contributed by atoms with van der Waals surface area (Å²) in [5, 5.41) is 2.72. The summed E-state index contributed by atoms with van der Waals surface area (Å²) in [7, 11) is 3.38. The number of amides is 2. The second-order valence-corrected chi connectivity index (χ2v) is 4.78. The minimum Gasteiger partial charge on any atom is -0.338 e. The van der Waals surface area contributed by atoms with Gasteiger partial charge in [0.25, 0.3) is 0 Å². The molecule has 2 amide bonds. The lowest BCUT2D eigenvalue weighted by Crippen LogP contribution is -2.36. The Balaban J connectivity index is 2.16. The average molecular weight is 211 g/mol. The van der Waals surface area contributed by atoms with Crippen molar-refractivity contribution in [3.63, 3.8) is 0 Å². The fourth-order valence-corrected chi connectivity index (χ4v) is 1.39. The van der Waals surface area contributed by atoms with Crippen LogP contribution in [-0.2, 0) is 0 Å². The van der Waals surface area contributed by atoms with Crippen LogP contribution in [0, 0.1) is 5.92 Å². The van der Waals surface area contributed by atoms with Gasteiger partial charge in [-0.15, -0.1) is 23.2 Å². The van der Waals surface area contributed by atoms with E-state index in [9.17, 15) is 4.79 Å². The van der Waals surface area contributed by atoms with E-state index in [2.05, 4.69) is 5.32 Å². The fraction of sp³-hybridized carbons (Fsp3) is 0.857. The van der Waals surface area contributed by atoms with Crippen molar-refractivity contribution in [1.82, 2.24) is 10.2 Å². The molecule has 1 rings (SSSR count). The average Bonchev–Trinajstić information content (AvgIpc) is 2.54. The predicted octanol–water partition coefficient (Wildman–Crippen LogP) is 1.45. The molecule has 5 heteroatoms. The van der Waals surface area contributed by atoms with Crippen molar-refractivity contribution in [2.75, 3.05) is 20.6 Å². The van der Waals surface area contributed by atoms with E-state index in [1.807, 2.05) is 0 Å². The molecule has 0 saturated heterocycles. The lowest BCUT2D eigenvalue weighted by molar-refractivity contribution is 0.217. The summed E-state index contributed by atoms with van der Waals surface area (Å²) in [6, 6.07) is -0.106. The van der Waals surface area contributed by atoms with Crippen molar-refractivity contribution in [3.05, 3.63) is 0 Å². The number of carbonyl (C=O) groups excluding carboxylic acids is 1. The molecule has 1 atom stereocenters. The number of nitrogens with one attached hydrogen (secondary N) is 1. The number of rotatable bonds is 2. The van der Waals surface area contributed by atoms with Crippen LogP contribution in [0.15, 0.2) is 0 Å². The van der Waals surface area contributed by atoms with Crippen molar-refractivity contribution in [3.8, 4) is 0 Å². The quantitative estimate of drug-likeness (QED) is 0.689. The highest BCUT2D eigenvalue weighted by Crippen LogP contribution is 2.52. The van der Waals surface area contributed by atoms with E-state index in [0.717, 1.165) is 6.42 Å². The molecule has 1 aliphatic carbocycles. The summed E-state index contributed by atoms with van der Waals surface area (Å²) < 4.78 is -0.598. The molecule has 0 aliphatic heterocycles. The predicted molar refractivity (Wildman–Crippen MR) is 49.6 cm³/mol. The topological polar surface area (TPSA) is 32.3 Å². The van der Waals surface area contributed by atoms with Gasteiger partial charge < -0.3 is 10.2 Å². The SMILES string of the molecule is CN(C)C(=O)NCC1CC1(Cl)Cl. The van der Waals surface area contributed by atoms with E-state index < -0.39 is 4.33 Å². The van der Waals surface area contributed by atoms with Gasteiger partial charge in [-0.3, -0.25) is 0 Å². The second-order valence-electron chi connectivity index (χ2n) is 3.24. The maximum absolute atomic E-state index is 11.0. The van der Waals surface area contributed by atoms with Crippen LogP contribution >= 0.6 is 23.2 Å². The van der Waals surface area contributed by atoms with E-state index in [1.54, 1.807) is 14.1 Å². The first-order valence-electron chi connectivity index (χ1n) is 3.76. The molecule has 0 radical (unpaired) electrons. The highest BCUT2D eigenvalue weighted by molar-refractivity contribution is 6.50. The van der Waals surface area contributed by atoms with Gasteiger partial charge in [0.05, 0.1) is 0 Å². The minimum atomic E-state index is -0.598. The molecule has 0 spiro atoms. The van der Waals surface area contributed by atoms with Gasteiger partial charge in [0, 0.05) is 26.6 Å². The van der Waals surface area contributed by atoms with Crippen LogP contribution in [0.25, 0.3) is 0 Å². The molecule has 1 unspecified atom stereocenters.